The van der Waals surface area contributed by atoms with Gasteiger partial charge in [0.15, 0.2) is 0 Å². The first-order valence-corrected chi connectivity index (χ1v) is 6.36. The van der Waals surface area contributed by atoms with Crippen LogP contribution in [0.15, 0.2) is 12.1 Å². The van der Waals surface area contributed by atoms with Crippen molar-refractivity contribution in [2.24, 2.45) is 11.1 Å². The third kappa shape index (κ3) is 3.49. The Morgan fingerprint density at radius 2 is 1.71 bits per heavy atom. The van der Waals surface area contributed by atoms with Crippen molar-refractivity contribution in [3.8, 4) is 0 Å². The molecule has 3 N–H and O–H groups in total. The van der Waals surface area contributed by atoms with Gasteiger partial charge in [-0.2, -0.15) is 0 Å². The molecule has 1 rings (SSSR count). The summed E-state index contributed by atoms with van der Waals surface area (Å²) in [6.45, 7) is 5.70. The van der Waals surface area contributed by atoms with Gasteiger partial charge in [-0.15, -0.1) is 0 Å². The molecule has 0 saturated heterocycles. The van der Waals surface area contributed by atoms with E-state index in [4.69, 9.17) is 40.5 Å². The van der Waals surface area contributed by atoms with Crippen LogP contribution in [0, 0.1) is 5.41 Å². The standard InChI is InChI=1S/C12H16Cl3NO/c1-12(2,3)11(17)10(16)7-4-6(13)5-8(14)9(7)15/h4-5,10-11,17H,16H2,1-3H3/t10-,11-/m0/s1. The average molecular weight is 297 g/mol. The fraction of sp³-hybridized carbons (Fsp3) is 0.500. The maximum Gasteiger partial charge on any atom is 0.0781 e. The second-order valence-corrected chi connectivity index (χ2v) is 6.35. The predicted octanol–water partition coefficient (Wildman–Crippen LogP) is 4.05. The average Bonchev–Trinajstić information content (AvgIpc) is 2.20. The van der Waals surface area contributed by atoms with Crippen LogP contribution in [0.5, 0.6) is 0 Å². The first-order valence-electron chi connectivity index (χ1n) is 5.22. The van der Waals surface area contributed by atoms with Crippen molar-refractivity contribution in [1.82, 2.24) is 0 Å². The van der Waals surface area contributed by atoms with Crippen LogP contribution in [0.2, 0.25) is 15.1 Å². The minimum atomic E-state index is -0.741. The highest BCUT2D eigenvalue weighted by Gasteiger charge is 2.30. The quantitative estimate of drug-likeness (QED) is 0.809. The fourth-order valence-electron chi connectivity index (χ4n) is 1.53. The summed E-state index contributed by atoms with van der Waals surface area (Å²) in [5.74, 6) is 0. The Hall–Kier alpha value is 0.01000. The summed E-state index contributed by atoms with van der Waals surface area (Å²) in [5, 5.41) is 11.3. The van der Waals surface area contributed by atoms with E-state index in [9.17, 15) is 5.11 Å². The fourth-order valence-corrected chi connectivity index (χ4v) is 2.27. The van der Waals surface area contributed by atoms with E-state index in [-0.39, 0.29) is 5.41 Å². The van der Waals surface area contributed by atoms with Gasteiger partial charge in [-0.3, -0.25) is 0 Å². The SMILES string of the molecule is CC(C)(C)[C@@H](O)[C@@H](N)c1cc(Cl)cc(Cl)c1Cl. The number of hydrogen-bond donors (Lipinski definition) is 2. The Morgan fingerprint density at radius 3 is 2.18 bits per heavy atom. The van der Waals surface area contributed by atoms with Gasteiger partial charge in [0.1, 0.15) is 0 Å². The van der Waals surface area contributed by atoms with E-state index < -0.39 is 12.1 Å². The van der Waals surface area contributed by atoms with Crippen molar-refractivity contribution in [3.63, 3.8) is 0 Å². The van der Waals surface area contributed by atoms with Crippen LogP contribution < -0.4 is 5.73 Å². The van der Waals surface area contributed by atoms with E-state index >= 15 is 0 Å². The molecule has 0 aliphatic carbocycles. The molecule has 0 fully saturated rings. The summed E-state index contributed by atoms with van der Waals surface area (Å²) in [5.41, 5.74) is 6.22. The summed E-state index contributed by atoms with van der Waals surface area (Å²) < 4.78 is 0. The molecule has 0 bridgehead atoms. The maximum atomic E-state index is 10.1. The van der Waals surface area contributed by atoms with Gasteiger partial charge in [-0.1, -0.05) is 55.6 Å². The number of nitrogens with two attached hydrogens (primary N) is 1. The van der Waals surface area contributed by atoms with Gasteiger partial charge in [-0.05, 0) is 23.1 Å². The molecule has 0 aromatic heterocycles. The molecule has 0 heterocycles. The zero-order chi connectivity index (χ0) is 13.4. The number of rotatable bonds is 2. The van der Waals surface area contributed by atoms with Gasteiger partial charge in [0.05, 0.1) is 22.2 Å². The lowest BCUT2D eigenvalue weighted by Gasteiger charge is -2.31. The van der Waals surface area contributed by atoms with Gasteiger partial charge in [0, 0.05) is 5.02 Å². The topological polar surface area (TPSA) is 46.2 Å². The van der Waals surface area contributed by atoms with Gasteiger partial charge < -0.3 is 10.8 Å². The first-order chi connectivity index (χ1) is 7.64. The second-order valence-electron chi connectivity index (χ2n) is 5.13. The van der Waals surface area contributed by atoms with Crippen LogP contribution in [-0.4, -0.2) is 11.2 Å². The minimum Gasteiger partial charge on any atom is -0.391 e. The normalized spacial score (nSPS) is 15.8. The summed E-state index contributed by atoms with van der Waals surface area (Å²) in [7, 11) is 0. The Balaban J connectivity index is 3.17. The first kappa shape index (κ1) is 15.1. The smallest absolute Gasteiger partial charge is 0.0781 e. The number of benzene rings is 1. The second kappa shape index (κ2) is 5.33. The molecular formula is C12H16Cl3NO. The van der Waals surface area contributed by atoms with Crippen LogP contribution >= 0.6 is 34.8 Å². The van der Waals surface area contributed by atoms with Gasteiger partial charge >= 0.3 is 0 Å². The van der Waals surface area contributed by atoms with Crippen LogP contribution in [0.25, 0.3) is 0 Å². The van der Waals surface area contributed by atoms with Crippen LogP contribution in [0.3, 0.4) is 0 Å². The highest BCUT2D eigenvalue weighted by molar-refractivity contribution is 6.43. The van der Waals surface area contributed by atoms with E-state index in [0.29, 0.717) is 20.6 Å². The minimum absolute atomic E-state index is 0.339. The van der Waals surface area contributed by atoms with Crippen molar-refractivity contribution in [2.45, 2.75) is 32.9 Å². The zero-order valence-corrected chi connectivity index (χ0v) is 12.2. The number of aliphatic hydroxyl groups excluding tert-OH is 1. The number of hydrogen-bond acceptors (Lipinski definition) is 2. The van der Waals surface area contributed by atoms with Crippen LogP contribution in [-0.2, 0) is 0 Å². The third-order valence-electron chi connectivity index (χ3n) is 2.61. The summed E-state index contributed by atoms with van der Waals surface area (Å²) in [6.07, 6.45) is -0.741. The molecule has 0 unspecified atom stereocenters. The highest BCUT2D eigenvalue weighted by Crippen LogP contribution is 2.36. The summed E-state index contributed by atoms with van der Waals surface area (Å²) in [4.78, 5) is 0. The van der Waals surface area contributed by atoms with Crippen LogP contribution in [0.1, 0.15) is 32.4 Å². The van der Waals surface area contributed by atoms with Crippen molar-refractivity contribution in [1.29, 1.82) is 0 Å². The molecule has 2 atom stereocenters. The Labute approximate surface area is 117 Å². The molecule has 5 heteroatoms. The third-order valence-corrected chi connectivity index (χ3v) is 3.64. The molecule has 96 valence electrons. The summed E-state index contributed by atoms with van der Waals surface area (Å²) in [6, 6.07) is 2.55. The molecule has 1 aromatic carbocycles. The molecule has 0 radical (unpaired) electrons. The largest absolute Gasteiger partial charge is 0.391 e. The molecule has 1 aromatic rings. The molecule has 2 nitrogen and oxygen atoms in total. The van der Waals surface area contributed by atoms with E-state index in [1.807, 2.05) is 20.8 Å². The molecular weight excluding hydrogens is 280 g/mol. The lowest BCUT2D eigenvalue weighted by molar-refractivity contribution is 0.0401. The monoisotopic (exact) mass is 295 g/mol. The molecule has 0 amide bonds. The predicted molar refractivity (Wildman–Crippen MR) is 73.9 cm³/mol. The van der Waals surface area contributed by atoms with E-state index in [0.717, 1.165) is 0 Å². The molecule has 0 aliphatic heterocycles. The summed E-state index contributed by atoms with van der Waals surface area (Å²) >= 11 is 17.9. The zero-order valence-electron chi connectivity index (χ0n) is 9.97. The van der Waals surface area contributed by atoms with Gasteiger partial charge in [-0.25, -0.2) is 0 Å². The molecule has 0 saturated carbocycles. The van der Waals surface area contributed by atoms with Crippen LogP contribution in [0.4, 0.5) is 0 Å². The van der Waals surface area contributed by atoms with Gasteiger partial charge in [0.25, 0.3) is 0 Å². The van der Waals surface area contributed by atoms with Crippen molar-refractivity contribution in [3.05, 3.63) is 32.8 Å². The Morgan fingerprint density at radius 1 is 1.18 bits per heavy atom. The number of halogens is 3. The van der Waals surface area contributed by atoms with Crippen molar-refractivity contribution < 1.29 is 5.11 Å². The lowest BCUT2D eigenvalue weighted by Crippen LogP contribution is -2.37. The van der Waals surface area contributed by atoms with Crippen molar-refractivity contribution >= 4 is 34.8 Å². The maximum absolute atomic E-state index is 10.1. The molecule has 17 heavy (non-hydrogen) atoms. The number of aliphatic hydroxyl groups is 1. The van der Waals surface area contributed by atoms with E-state index in [1.165, 1.54) is 0 Å². The van der Waals surface area contributed by atoms with Gasteiger partial charge in [0.2, 0.25) is 0 Å². The van der Waals surface area contributed by atoms with E-state index in [1.54, 1.807) is 12.1 Å². The molecule has 0 aliphatic rings. The Bertz CT molecular complexity index is 415. The lowest BCUT2D eigenvalue weighted by atomic mass is 9.82. The van der Waals surface area contributed by atoms with E-state index in [2.05, 4.69) is 0 Å². The van der Waals surface area contributed by atoms with Crippen molar-refractivity contribution in [2.75, 3.05) is 0 Å². The molecule has 0 spiro atoms. The Kier molecular flexibility index (Phi) is 4.73. The highest BCUT2D eigenvalue weighted by atomic mass is 35.5.